The van der Waals surface area contributed by atoms with Gasteiger partial charge in [-0.3, -0.25) is 0 Å². The number of thiazole rings is 1. The second-order valence-electron chi connectivity index (χ2n) is 3.73. The van der Waals surface area contributed by atoms with Gasteiger partial charge in [0.25, 0.3) is 0 Å². The van der Waals surface area contributed by atoms with E-state index in [0.29, 0.717) is 12.3 Å². The van der Waals surface area contributed by atoms with Crippen molar-refractivity contribution in [3.05, 3.63) is 16.9 Å². The van der Waals surface area contributed by atoms with Crippen molar-refractivity contribution in [2.45, 2.75) is 20.8 Å². The van der Waals surface area contributed by atoms with Gasteiger partial charge in [0.05, 0.1) is 22.9 Å². The highest BCUT2D eigenvalue weighted by molar-refractivity contribution is 7.19. The summed E-state index contributed by atoms with van der Waals surface area (Å²) >= 11 is 1.47. The highest BCUT2D eigenvalue weighted by Crippen LogP contribution is 2.21. The Morgan fingerprint density at radius 1 is 1.58 bits per heavy atom. The summed E-state index contributed by atoms with van der Waals surface area (Å²) in [5, 5.41) is 8.01. The van der Waals surface area contributed by atoms with Crippen LogP contribution in [0.3, 0.4) is 0 Å². The minimum Gasteiger partial charge on any atom is -0.463 e. The SMILES string of the molecule is CCOC(=O)CO/N=C(\C)c1sc2ncnn2c1C. The summed E-state index contributed by atoms with van der Waals surface area (Å²) in [6.07, 6.45) is 1.51. The Balaban J connectivity index is 2.06. The van der Waals surface area contributed by atoms with Gasteiger partial charge in [-0.2, -0.15) is 5.10 Å². The second kappa shape index (κ2) is 5.79. The fourth-order valence-corrected chi connectivity index (χ4v) is 2.53. The summed E-state index contributed by atoms with van der Waals surface area (Å²) in [5.74, 6) is -0.432. The smallest absolute Gasteiger partial charge is 0.347 e. The molecule has 2 aromatic heterocycles. The third-order valence-electron chi connectivity index (χ3n) is 2.37. The van der Waals surface area contributed by atoms with E-state index >= 15 is 0 Å². The largest absolute Gasteiger partial charge is 0.463 e. The molecule has 0 aromatic carbocycles. The molecule has 8 heteroatoms. The van der Waals surface area contributed by atoms with Crippen LogP contribution in [0.2, 0.25) is 0 Å². The lowest BCUT2D eigenvalue weighted by Crippen LogP contribution is -2.11. The number of hydrogen-bond donors (Lipinski definition) is 0. The fourth-order valence-electron chi connectivity index (χ4n) is 1.55. The second-order valence-corrected chi connectivity index (χ2v) is 4.70. The lowest BCUT2D eigenvalue weighted by atomic mass is 10.3. The van der Waals surface area contributed by atoms with Crippen LogP contribution in [0, 0.1) is 6.92 Å². The van der Waals surface area contributed by atoms with Gasteiger partial charge in [-0.1, -0.05) is 16.5 Å². The van der Waals surface area contributed by atoms with Gasteiger partial charge >= 0.3 is 5.97 Å². The number of carbonyl (C=O) groups excluding carboxylic acids is 1. The molecule has 0 bridgehead atoms. The molecule has 102 valence electrons. The third kappa shape index (κ3) is 2.90. The van der Waals surface area contributed by atoms with Crippen molar-refractivity contribution in [1.82, 2.24) is 14.6 Å². The third-order valence-corrected chi connectivity index (χ3v) is 3.63. The molecule has 0 radical (unpaired) electrons. The van der Waals surface area contributed by atoms with E-state index in [-0.39, 0.29) is 6.61 Å². The lowest BCUT2D eigenvalue weighted by Gasteiger charge is -2.01. The van der Waals surface area contributed by atoms with Gasteiger partial charge in [0, 0.05) is 0 Å². The van der Waals surface area contributed by atoms with E-state index in [1.54, 1.807) is 11.4 Å². The van der Waals surface area contributed by atoms with Gasteiger partial charge in [-0.05, 0) is 20.8 Å². The maximum absolute atomic E-state index is 11.1. The Kier molecular flexibility index (Phi) is 4.10. The fraction of sp³-hybridized carbons (Fsp3) is 0.455. The molecule has 2 rings (SSSR count). The highest BCUT2D eigenvalue weighted by Gasteiger charge is 2.13. The zero-order valence-corrected chi connectivity index (χ0v) is 11.7. The van der Waals surface area contributed by atoms with Crippen LogP contribution in [-0.2, 0) is 14.4 Å². The van der Waals surface area contributed by atoms with E-state index in [2.05, 4.69) is 15.2 Å². The van der Waals surface area contributed by atoms with Gasteiger partial charge in [-0.25, -0.2) is 14.3 Å². The van der Waals surface area contributed by atoms with Crippen molar-refractivity contribution in [3.8, 4) is 0 Å². The minimum absolute atomic E-state index is 0.189. The van der Waals surface area contributed by atoms with E-state index in [4.69, 9.17) is 9.57 Å². The number of aromatic nitrogens is 3. The van der Waals surface area contributed by atoms with E-state index < -0.39 is 5.97 Å². The molecule has 0 spiro atoms. The van der Waals surface area contributed by atoms with Crippen LogP contribution in [0.5, 0.6) is 0 Å². The number of ether oxygens (including phenoxy) is 1. The minimum atomic E-state index is -0.432. The summed E-state index contributed by atoms with van der Waals surface area (Å²) in [6.45, 7) is 5.62. The molecule has 0 unspecified atom stereocenters. The number of nitrogens with zero attached hydrogens (tertiary/aromatic N) is 4. The molecule has 0 aliphatic rings. The zero-order chi connectivity index (χ0) is 13.8. The van der Waals surface area contributed by atoms with Crippen LogP contribution in [0.25, 0.3) is 4.96 Å². The molecule has 2 heterocycles. The molecule has 19 heavy (non-hydrogen) atoms. The predicted molar refractivity (Wildman–Crippen MR) is 70.4 cm³/mol. The average molecular weight is 282 g/mol. The summed E-state index contributed by atoms with van der Waals surface area (Å²) < 4.78 is 6.47. The monoisotopic (exact) mass is 282 g/mol. The van der Waals surface area contributed by atoms with Crippen LogP contribution in [0.15, 0.2) is 11.5 Å². The van der Waals surface area contributed by atoms with E-state index in [1.807, 2.05) is 13.8 Å². The standard InChI is InChI=1S/C11H14N4O3S/c1-4-17-9(16)5-18-14-7(2)10-8(3)15-11(19-10)12-6-13-15/h6H,4-5H2,1-3H3/b14-7+. The summed E-state index contributed by atoms with van der Waals surface area (Å²) in [5.41, 5.74) is 1.62. The molecule has 0 N–H and O–H groups in total. The maximum Gasteiger partial charge on any atom is 0.347 e. The molecular formula is C11H14N4O3S. The van der Waals surface area contributed by atoms with Crippen LogP contribution in [0.1, 0.15) is 24.4 Å². The Bertz CT molecular complexity index is 617. The average Bonchev–Trinajstić information content (AvgIpc) is 2.93. The van der Waals surface area contributed by atoms with Gasteiger partial charge in [0.1, 0.15) is 6.33 Å². The van der Waals surface area contributed by atoms with E-state index in [9.17, 15) is 4.79 Å². The zero-order valence-electron chi connectivity index (χ0n) is 10.9. The molecule has 0 saturated heterocycles. The summed E-state index contributed by atoms with van der Waals surface area (Å²) in [7, 11) is 0. The number of aryl methyl sites for hydroxylation is 1. The molecule has 0 atom stereocenters. The first kappa shape index (κ1) is 13.5. The maximum atomic E-state index is 11.1. The first-order valence-corrected chi connectivity index (χ1v) is 6.56. The molecule has 7 nitrogen and oxygen atoms in total. The Hall–Kier alpha value is -1.96. The van der Waals surface area contributed by atoms with Gasteiger partial charge < -0.3 is 9.57 Å². The molecule has 0 saturated carbocycles. The molecule has 0 amide bonds. The number of fused-ring (bicyclic) bond motifs is 1. The lowest BCUT2D eigenvalue weighted by molar-refractivity contribution is -0.148. The molecule has 0 aliphatic heterocycles. The molecule has 0 fully saturated rings. The number of rotatable bonds is 5. The van der Waals surface area contributed by atoms with Crippen LogP contribution in [-0.4, -0.2) is 39.5 Å². The quantitative estimate of drug-likeness (QED) is 0.470. The number of esters is 1. The van der Waals surface area contributed by atoms with Crippen molar-refractivity contribution in [1.29, 1.82) is 0 Å². The van der Waals surface area contributed by atoms with E-state index in [1.165, 1.54) is 17.7 Å². The number of hydrogen-bond acceptors (Lipinski definition) is 7. The summed E-state index contributed by atoms with van der Waals surface area (Å²) in [4.78, 5) is 21.9. The van der Waals surface area contributed by atoms with Crippen molar-refractivity contribution in [3.63, 3.8) is 0 Å². The molecule has 2 aromatic rings. The van der Waals surface area contributed by atoms with E-state index in [0.717, 1.165) is 15.5 Å². The normalized spacial score (nSPS) is 11.8. The van der Waals surface area contributed by atoms with Crippen molar-refractivity contribution in [2.24, 2.45) is 5.16 Å². The highest BCUT2D eigenvalue weighted by atomic mass is 32.1. The molecule has 0 aliphatic carbocycles. The first-order valence-electron chi connectivity index (χ1n) is 5.75. The van der Waals surface area contributed by atoms with Gasteiger partial charge in [0.2, 0.25) is 11.6 Å². The van der Waals surface area contributed by atoms with Crippen molar-refractivity contribution in [2.75, 3.05) is 13.2 Å². The number of carbonyl (C=O) groups is 1. The van der Waals surface area contributed by atoms with Crippen molar-refractivity contribution < 1.29 is 14.4 Å². The van der Waals surface area contributed by atoms with Crippen LogP contribution < -0.4 is 0 Å². The topological polar surface area (TPSA) is 78.1 Å². The van der Waals surface area contributed by atoms with Gasteiger partial charge in [-0.15, -0.1) is 0 Å². The Morgan fingerprint density at radius 2 is 2.37 bits per heavy atom. The van der Waals surface area contributed by atoms with Crippen LogP contribution >= 0.6 is 11.3 Å². The Labute approximate surface area is 113 Å². The van der Waals surface area contributed by atoms with Gasteiger partial charge in [0.15, 0.2) is 0 Å². The van der Waals surface area contributed by atoms with Crippen molar-refractivity contribution >= 4 is 28.0 Å². The Morgan fingerprint density at radius 3 is 3.05 bits per heavy atom. The predicted octanol–water partition coefficient (Wildman–Crippen LogP) is 1.40. The molecular weight excluding hydrogens is 268 g/mol. The number of oxime groups is 1. The first-order chi connectivity index (χ1) is 9.13. The van der Waals surface area contributed by atoms with Crippen LogP contribution in [0.4, 0.5) is 0 Å². The summed E-state index contributed by atoms with van der Waals surface area (Å²) in [6, 6.07) is 0.